The summed E-state index contributed by atoms with van der Waals surface area (Å²) in [7, 11) is 4.03. The van der Waals surface area contributed by atoms with Crippen LogP contribution in [0.15, 0.2) is 48.8 Å². The Bertz CT molecular complexity index is 939. The summed E-state index contributed by atoms with van der Waals surface area (Å²) in [6.45, 7) is 2.09. The molecule has 0 saturated heterocycles. The largest absolute Gasteiger partial charge is 0.352 e. The summed E-state index contributed by atoms with van der Waals surface area (Å²) in [4.78, 5) is 23.1. The molecule has 7 nitrogen and oxygen atoms in total. The van der Waals surface area contributed by atoms with Crippen molar-refractivity contribution in [3.63, 3.8) is 0 Å². The lowest BCUT2D eigenvalue weighted by molar-refractivity contribution is 0.0952. The van der Waals surface area contributed by atoms with Crippen molar-refractivity contribution in [2.24, 2.45) is 5.73 Å². The first-order valence-electron chi connectivity index (χ1n) is 9.30. The predicted molar refractivity (Wildman–Crippen MR) is 113 cm³/mol. The molecule has 1 heterocycles. The molecule has 0 spiro atoms. The lowest BCUT2D eigenvalue weighted by Crippen LogP contribution is -2.27. The van der Waals surface area contributed by atoms with Crippen LogP contribution in [0, 0.1) is 0 Å². The van der Waals surface area contributed by atoms with Crippen LogP contribution in [0.5, 0.6) is 0 Å². The van der Waals surface area contributed by atoms with Gasteiger partial charge in [-0.1, -0.05) is 12.1 Å². The molecule has 0 unspecified atom stereocenters. The van der Waals surface area contributed by atoms with Crippen LogP contribution in [0.3, 0.4) is 0 Å². The third kappa shape index (κ3) is 5.03. The van der Waals surface area contributed by atoms with Gasteiger partial charge in [0.2, 0.25) is 0 Å². The molecule has 0 aliphatic heterocycles. The van der Waals surface area contributed by atoms with Crippen LogP contribution < -0.4 is 16.4 Å². The molecule has 1 amide bonds. The van der Waals surface area contributed by atoms with Crippen LogP contribution in [-0.2, 0) is 6.54 Å². The molecular formula is C21H26N6O. The Balaban J connectivity index is 1.73. The Labute approximate surface area is 165 Å². The summed E-state index contributed by atoms with van der Waals surface area (Å²) in [5.41, 5.74) is 8.94. The predicted octanol–water partition coefficient (Wildman–Crippen LogP) is 2.51. The molecular weight excluding hydrogens is 352 g/mol. The number of rotatable bonds is 8. The van der Waals surface area contributed by atoms with Crippen molar-refractivity contribution < 1.29 is 4.79 Å². The first-order valence-corrected chi connectivity index (χ1v) is 9.30. The van der Waals surface area contributed by atoms with Gasteiger partial charge in [0.25, 0.3) is 5.91 Å². The zero-order valence-corrected chi connectivity index (χ0v) is 16.3. The van der Waals surface area contributed by atoms with Crippen molar-refractivity contribution >= 4 is 28.3 Å². The highest BCUT2D eigenvalue weighted by Crippen LogP contribution is 2.24. The van der Waals surface area contributed by atoms with E-state index < -0.39 is 0 Å². The van der Waals surface area contributed by atoms with Crippen LogP contribution in [-0.4, -0.2) is 48.0 Å². The van der Waals surface area contributed by atoms with E-state index in [1.54, 1.807) is 12.1 Å². The van der Waals surface area contributed by atoms with Crippen LogP contribution in [0.1, 0.15) is 22.3 Å². The molecule has 0 aliphatic carbocycles. The molecule has 0 fully saturated rings. The maximum absolute atomic E-state index is 12.4. The Morgan fingerprint density at radius 2 is 1.89 bits per heavy atom. The third-order valence-corrected chi connectivity index (χ3v) is 4.42. The molecule has 3 aromatic rings. The molecule has 1 aromatic heterocycles. The standard InChI is InChI=1S/C21H26N6O/c1-27(2)11-3-10-23-21(28)16-6-9-18-19(12-16)24-14-25-20(18)26-17-7-4-15(13-22)5-8-17/h4-9,12,14H,3,10-11,13,22H2,1-2H3,(H,23,28)(H,24,25,26). The number of anilines is 2. The Morgan fingerprint density at radius 1 is 1.11 bits per heavy atom. The van der Waals surface area contributed by atoms with E-state index in [0.717, 1.165) is 35.1 Å². The minimum atomic E-state index is -0.0915. The van der Waals surface area contributed by atoms with E-state index in [-0.39, 0.29) is 5.91 Å². The van der Waals surface area contributed by atoms with Crippen molar-refractivity contribution in [1.29, 1.82) is 0 Å². The minimum absolute atomic E-state index is 0.0915. The molecule has 0 atom stereocenters. The summed E-state index contributed by atoms with van der Waals surface area (Å²) >= 11 is 0. The zero-order valence-electron chi connectivity index (χ0n) is 16.3. The van der Waals surface area contributed by atoms with Crippen molar-refractivity contribution in [3.8, 4) is 0 Å². The van der Waals surface area contributed by atoms with Gasteiger partial charge in [-0.2, -0.15) is 0 Å². The van der Waals surface area contributed by atoms with E-state index in [0.29, 0.717) is 24.5 Å². The molecule has 146 valence electrons. The van der Waals surface area contributed by atoms with E-state index >= 15 is 0 Å². The lowest BCUT2D eigenvalue weighted by atomic mass is 10.1. The number of amides is 1. The number of carbonyl (C=O) groups is 1. The molecule has 4 N–H and O–H groups in total. The maximum atomic E-state index is 12.4. The highest BCUT2D eigenvalue weighted by molar-refractivity contribution is 6.00. The van der Waals surface area contributed by atoms with Gasteiger partial charge in [-0.05, 0) is 63.0 Å². The van der Waals surface area contributed by atoms with Gasteiger partial charge in [0.05, 0.1) is 5.52 Å². The minimum Gasteiger partial charge on any atom is -0.352 e. The van der Waals surface area contributed by atoms with E-state index in [1.165, 1.54) is 6.33 Å². The molecule has 28 heavy (non-hydrogen) atoms. The van der Waals surface area contributed by atoms with Gasteiger partial charge in [-0.25, -0.2) is 9.97 Å². The summed E-state index contributed by atoms with van der Waals surface area (Å²) < 4.78 is 0. The van der Waals surface area contributed by atoms with Crippen molar-refractivity contribution in [3.05, 3.63) is 59.9 Å². The first-order chi connectivity index (χ1) is 13.6. The van der Waals surface area contributed by atoms with Gasteiger partial charge in [0, 0.05) is 29.7 Å². The zero-order chi connectivity index (χ0) is 19.9. The molecule has 0 saturated carbocycles. The molecule has 3 rings (SSSR count). The molecule has 7 heteroatoms. The van der Waals surface area contributed by atoms with Crippen molar-refractivity contribution in [1.82, 2.24) is 20.2 Å². The number of nitrogens with one attached hydrogen (secondary N) is 2. The van der Waals surface area contributed by atoms with Gasteiger partial charge >= 0.3 is 0 Å². The van der Waals surface area contributed by atoms with Gasteiger partial charge < -0.3 is 21.3 Å². The monoisotopic (exact) mass is 378 g/mol. The summed E-state index contributed by atoms with van der Waals surface area (Å²) in [5.74, 6) is 0.606. The summed E-state index contributed by atoms with van der Waals surface area (Å²) in [5, 5.41) is 7.11. The van der Waals surface area contributed by atoms with Crippen LogP contribution in [0.4, 0.5) is 11.5 Å². The first kappa shape index (κ1) is 19.7. The number of aromatic nitrogens is 2. The second-order valence-corrected chi connectivity index (χ2v) is 6.89. The van der Waals surface area contributed by atoms with Gasteiger partial charge in [0.15, 0.2) is 0 Å². The third-order valence-electron chi connectivity index (χ3n) is 4.42. The Morgan fingerprint density at radius 3 is 2.61 bits per heavy atom. The van der Waals surface area contributed by atoms with Crippen molar-refractivity contribution in [2.45, 2.75) is 13.0 Å². The number of nitrogens with two attached hydrogens (primary N) is 1. The highest BCUT2D eigenvalue weighted by atomic mass is 16.1. The molecule has 0 bridgehead atoms. The average molecular weight is 378 g/mol. The molecule has 0 radical (unpaired) electrons. The SMILES string of the molecule is CN(C)CCCNC(=O)c1ccc2c(Nc3ccc(CN)cc3)ncnc2c1. The quantitative estimate of drug-likeness (QED) is 0.521. The topological polar surface area (TPSA) is 96.2 Å². The van der Waals surface area contributed by atoms with E-state index in [9.17, 15) is 4.79 Å². The fourth-order valence-electron chi connectivity index (χ4n) is 2.86. The average Bonchev–Trinajstić information content (AvgIpc) is 2.71. The van der Waals surface area contributed by atoms with Crippen LogP contribution in [0.25, 0.3) is 10.9 Å². The second-order valence-electron chi connectivity index (χ2n) is 6.89. The summed E-state index contributed by atoms with van der Waals surface area (Å²) in [6, 6.07) is 13.4. The normalized spacial score (nSPS) is 11.0. The number of benzene rings is 2. The maximum Gasteiger partial charge on any atom is 0.251 e. The molecule has 0 aliphatic rings. The lowest BCUT2D eigenvalue weighted by Gasteiger charge is -2.11. The Kier molecular flexibility index (Phi) is 6.52. The van der Waals surface area contributed by atoms with Crippen LogP contribution in [0.2, 0.25) is 0 Å². The number of hydrogen-bond acceptors (Lipinski definition) is 6. The van der Waals surface area contributed by atoms with Crippen molar-refractivity contribution in [2.75, 3.05) is 32.5 Å². The fourth-order valence-corrected chi connectivity index (χ4v) is 2.86. The Hall–Kier alpha value is -3.03. The number of carbonyl (C=O) groups excluding carboxylic acids is 1. The number of nitrogens with zero attached hydrogens (tertiary/aromatic N) is 3. The number of hydrogen-bond donors (Lipinski definition) is 3. The summed E-state index contributed by atoms with van der Waals surface area (Å²) in [6.07, 6.45) is 2.41. The van der Waals surface area contributed by atoms with E-state index in [2.05, 4.69) is 25.5 Å². The van der Waals surface area contributed by atoms with Gasteiger partial charge in [-0.3, -0.25) is 4.79 Å². The van der Waals surface area contributed by atoms with E-state index in [4.69, 9.17) is 5.73 Å². The second kappa shape index (κ2) is 9.25. The van der Waals surface area contributed by atoms with Gasteiger partial charge in [-0.15, -0.1) is 0 Å². The number of fused-ring (bicyclic) bond motifs is 1. The molecule has 2 aromatic carbocycles. The smallest absolute Gasteiger partial charge is 0.251 e. The van der Waals surface area contributed by atoms with E-state index in [1.807, 2.05) is 44.4 Å². The van der Waals surface area contributed by atoms with Crippen LogP contribution >= 0.6 is 0 Å². The van der Waals surface area contributed by atoms with Gasteiger partial charge in [0.1, 0.15) is 12.1 Å². The fraction of sp³-hybridized carbons (Fsp3) is 0.286. The highest BCUT2D eigenvalue weighted by Gasteiger charge is 2.10.